The lowest BCUT2D eigenvalue weighted by Crippen LogP contribution is -2.27. The summed E-state index contributed by atoms with van der Waals surface area (Å²) in [6.45, 7) is 0.741. The van der Waals surface area contributed by atoms with Crippen LogP contribution in [0.5, 0.6) is 0 Å². The highest BCUT2D eigenvalue weighted by atomic mass is 16.7. The third-order valence-corrected chi connectivity index (χ3v) is 4.07. The zero-order chi connectivity index (χ0) is 14.7. The van der Waals surface area contributed by atoms with Crippen LogP contribution in [0.15, 0.2) is 6.07 Å². The van der Waals surface area contributed by atoms with Crippen LogP contribution < -0.4 is 0 Å². The van der Waals surface area contributed by atoms with Crippen LogP contribution in [0.1, 0.15) is 65.5 Å². The van der Waals surface area contributed by atoms with E-state index in [9.17, 15) is 4.79 Å². The first-order valence-electron chi connectivity index (χ1n) is 7.48. The minimum Gasteiger partial charge on any atom is -0.353 e. The number of carbonyl (C=O) groups is 1. The second-order valence-corrected chi connectivity index (χ2v) is 5.51. The van der Waals surface area contributed by atoms with Gasteiger partial charge in [-0.15, -0.1) is 0 Å². The Morgan fingerprint density at radius 1 is 1.38 bits per heavy atom. The Hall–Kier alpha value is -1.77. The molecule has 2 unspecified atom stereocenters. The van der Waals surface area contributed by atoms with Gasteiger partial charge < -0.3 is 9.47 Å². The van der Waals surface area contributed by atoms with E-state index in [0.717, 1.165) is 56.4 Å². The Labute approximate surface area is 123 Å². The van der Waals surface area contributed by atoms with E-state index >= 15 is 0 Å². The van der Waals surface area contributed by atoms with Crippen molar-refractivity contribution in [1.82, 2.24) is 4.98 Å². The molecule has 0 amide bonds. The highest BCUT2D eigenvalue weighted by molar-refractivity contribution is 5.76. The summed E-state index contributed by atoms with van der Waals surface area (Å²) in [4.78, 5) is 15.5. The second kappa shape index (κ2) is 6.33. The molecule has 1 aliphatic heterocycles. The molecule has 3 rings (SSSR count). The molecule has 0 bridgehead atoms. The molecule has 21 heavy (non-hydrogen) atoms. The number of fused-ring (bicyclic) bond motifs is 1. The number of rotatable bonds is 3. The van der Waals surface area contributed by atoms with Gasteiger partial charge in [-0.1, -0.05) is 0 Å². The Bertz CT molecular complexity index is 574. The second-order valence-electron chi connectivity index (χ2n) is 5.51. The summed E-state index contributed by atoms with van der Waals surface area (Å²) in [7, 11) is 0. The van der Waals surface area contributed by atoms with Gasteiger partial charge in [-0.2, -0.15) is 5.26 Å². The lowest BCUT2D eigenvalue weighted by Gasteiger charge is -2.30. The standard InChI is InChI=1S/C16H18N2O3/c17-9-12-8-11-4-3-5-14(16(11)18-13(12)10-19)21-15-6-1-2-7-20-15/h8,10,14-15H,1-7H2. The zero-order valence-corrected chi connectivity index (χ0v) is 11.9. The average molecular weight is 286 g/mol. The predicted octanol–water partition coefficient (Wildman–Crippen LogP) is 2.69. The normalized spacial score (nSPS) is 24.9. The van der Waals surface area contributed by atoms with Crippen molar-refractivity contribution in [3.63, 3.8) is 0 Å². The molecule has 2 heterocycles. The summed E-state index contributed by atoms with van der Waals surface area (Å²) in [5, 5.41) is 9.08. The fourth-order valence-electron chi connectivity index (χ4n) is 2.99. The first-order chi connectivity index (χ1) is 10.3. The van der Waals surface area contributed by atoms with E-state index in [1.807, 2.05) is 6.07 Å². The van der Waals surface area contributed by atoms with Crippen molar-refractivity contribution in [3.8, 4) is 6.07 Å². The van der Waals surface area contributed by atoms with Crippen molar-refractivity contribution in [2.45, 2.75) is 50.9 Å². The highest BCUT2D eigenvalue weighted by Crippen LogP contribution is 2.34. The van der Waals surface area contributed by atoms with Gasteiger partial charge in [0.15, 0.2) is 12.6 Å². The summed E-state index contributed by atoms with van der Waals surface area (Å²) in [6, 6.07) is 3.81. The van der Waals surface area contributed by atoms with Gasteiger partial charge in [0.2, 0.25) is 0 Å². The van der Waals surface area contributed by atoms with Crippen LogP contribution in [0.3, 0.4) is 0 Å². The molecule has 5 nitrogen and oxygen atoms in total. The van der Waals surface area contributed by atoms with Gasteiger partial charge in [0.25, 0.3) is 0 Å². The molecule has 1 aromatic rings. The van der Waals surface area contributed by atoms with Crippen molar-refractivity contribution in [2.75, 3.05) is 6.61 Å². The predicted molar refractivity (Wildman–Crippen MR) is 74.7 cm³/mol. The van der Waals surface area contributed by atoms with E-state index in [0.29, 0.717) is 11.8 Å². The van der Waals surface area contributed by atoms with Crippen LogP contribution in [0.25, 0.3) is 0 Å². The van der Waals surface area contributed by atoms with Gasteiger partial charge in [0, 0.05) is 6.61 Å². The Morgan fingerprint density at radius 3 is 3.00 bits per heavy atom. The van der Waals surface area contributed by atoms with Crippen LogP contribution in [-0.4, -0.2) is 24.2 Å². The molecule has 2 atom stereocenters. The number of ether oxygens (including phenoxy) is 2. The highest BCUT2D eigenvalue weighted by Gasteiger charge is 2.28. The van der Waals surface area contributed by atoms with Crippen molar-refractivity contribution in [1.29, 1.82) is 5.26 Å². The fourth-order valence-corrected chi connectivity index (χ4v) is 2.99. The number of aldehydes is 1. The summed E-state index contributed by atoms with van der Waals surface area (Å²) < 4.78 is 11.7. The van der Waals surface area contributed by atoms with E-state index in [2.05, 4.69) is 4.98 Å². The van der Waals surface area contributed by atoms with Gasteiger partial charge in [-0.05, 0) is 50.2 Å². The van der Waals surface area contributed by atoms with Crippen molar-refractivity contribution in [3.05, 3.63) is 28.6 Å². The van der Waals surface area contributed by atoms with Crippen molar-refractivity contribution < 1.29 is 14.3 Å². The number of carbonyl (C=O) groups excluding carboxylic acids is 1. The van der Waals surface area contributed by atoms with Gasteiger partial charge in [-0.25, -0.2) is 4.98 Å². The van der Waals surface area contributed by atoms with Crippen LogP contribution in [0.2, 0.25) is 0 Å². The first-order valence-corrected chi connectivity index (χ1v) is 7.48. The summed E-state index contributed by atoms with van der Waals surface area (Å²) in [5.74, 6) is 0. The molecule has 1 saturated heterocycles. The molecule has 5 heteroatoms. The maximum atomic E-state index is 11.1. The largest absolute Gasteiger partial charge is 0.353 e. The number of aromatic nitrogens is 1. The molecule has 110 valence electrons. The Kier molecular flexibility index (Phi) is 4.28. The third-order valence-electron chi connectivity index (χ3n) is 4.07. The lowest BCUT2D eigenvalue weighted by molar-refractivity contribution is -0.193. The summed E-state index contributed by atoms with van der Waals surface area (Å²) >= 11 is 0. The summed E-state index contributed by atoms with van der Waals surface area (Å²) in [5.41, 5.74) is 2.37. The van der Waals surface area contributed by atoms with E-state index < -0.39 is 0 Å². The quantitative estimate of drug-likeness (QED) is 0.799. The number of hydrogen-bond acceptors (Lipinski definition) is 5. The molecule has 1 aliphatic carbocycles. The average Bonchev–Trinajstić information content (AvgIpc) is 2.55. The number of aryl methyl sites for hydroxylation is 1. The number of nitriles is 1. The number of nitrogens with zero attached hydrogens (tertiary/aromatic N) is 2. The fraction of sp³-hybridized carbons (Fsp3) is 0.562. The van der Waals surface area contributed by atoms with Crippen molar-refractivity contribution >= 4 is 6.29 Å². The molecular weight excluding hydrogens is 268 g/mol. The molecule has 0 N–H and O–H groups in total. The molecule has 2 aliphatic rings. The molecular formula is C16H18N2O3. The molecule has 0 aromatic carbocycles. The maximum absolute atomic E-state index is 11.1. The smallest absolute Gasteiger partial charge is 0.169 e. The third kappa shape index (κ3) is 2.97. The van der Waals surface area contributed by atoms with Gasteiger partial charge in [0.05, 0.1) is 11.3 Å². The molecule has 1 fully saturated rings. The monoisotopic (exact) mass is 286 g/mol. The van der Waals surface area contributed by atoms with Crippen LogP contribution >= 0.6 is 0 Å². The van der Waals surface area contributed by atoms with Crippen molar-refractivity contribution in [2.24, 2.45) is 0 Å². The minimum atomic E-state index is -0.174. The van der Waals surface area contributed by atoms with Gasteiger partial charge in [-0.3, -0.25) is 4.79 Å². The van der Waals surface area contributed by atoms with E-state index in [1.54, 1.807) is 6.07 Å². The zero-order valence-electron chi connectivity index (χ0n) is 11.9. The molecule has 0 saturated carbocycles. The Balaban J connectivity index is 1.86. The van der Waals surface area contributed by atoms with Crippen LogP contribution in [0, 0.1) is 11.3 Å². The Morgan fingerprint density at radius 2 is 2.29 bits per heavy atom. The van der Waals surface area contributed by atoms with E-state index in [-0.39, 0.29) is 18.1 Å². The SMILES string of the molecule is N#Cc1cc2c(nc1C=O)C(OC1CCCCO1)CCC2. The van der Waals surface area contributed by atoms with E-state index in [4.69, 9.17) is 14.7 Å². The molecule has 0 radical (unpaired) electrons. The van der Waals surface area contributed by atoms with Gasteiger partial charge in [0.1, 0.15) is 17.9 Å². The van der Waals surface area contributed by atoms with Gasteiger partial charge >= 0.3 is 0 Å². The van der Waals surface area contributed by atoms with E-state index in [1.165, 1.54) is 0 Å². The number of pyridine rings is 1. The van der Waals surface area contributed by atoms with Crippen LogP contribution in [0.4, 0.5) is 0 Å². The topological polar surface area (TPSA) is 72.2 Å². The minimum absolute atomic E-state index is 0.136. The number of hydrogen-bond donors (Lipinski definition) is 0. The molecule has 1 aromatic heterocycles. The summed E-state index contributed by atoms with van der Waals surface area (Å²) in [6.07, 6.45) is 6.19. The van der Waals surface area contributed by atoms with Crippen LogP contribution in [-0.2, 0) is 15.9 Å². The lowest BCUT2D eigenvalue weighted by atomic mass is 9.92. The molecule has 0 spiro atoms. The first kappa shape index (κ1) is 14.2. The maximum Gasteiger partial charge on any atom is 0.169 e.